The van der Waals surface area contributed by atoms with E-state index in [0.29, 0.717) is 11.1 Å². The summed E-state index contributed by atoms with van der Waals surface area (Å²) in [5.41, 5.74) is 1.09. The van der Waals surface area contributed by atoms with Crippen LogP contribution in [0.2, 0.25) is 0 Å². The van der Waals surface area contributed by atoms with Crippen LogP contribution < -0.4 is 5.32 Å². The summed E-state index contributed by atoms with van der Waals surface area (Å²) in [6, 6.07) is 13.4. The van der Waals surface area contributed by atoms with Gasteiger partial charge in [-0.05, 0) is 42.2 Å². The highest BCUT2D eigenvalue weighted by Gasteiger charge is 2.16. The van der Waals surface area contributed by atoms with Gasteiger partial charge in [-0.2, -0.15) is 0 Å². The molecule has 0 aliphatic heterocycles. The molecular formula is C19H19N3O4S2. The lowest BCUT2D eigenvalue weighted by Crippen LogP contribution is -2.13. The highest BCUT2D eigenvalue weighted by atomic mass is 32.2. The molecule has 1 amide bonds. The molecule has 0 fully saturated rings. The molecule has 0 aliphatic carbocycles. The van der Waals surface area contributed by atoms with Crippen LogP contribution in [0.25, 0.3) is 11.5 Å². The van der Waals surface area contributed by atoms with Crippen molar-refractivity contribution >= 4 is 33.5 Å². The van der Waals surface area contributed by atoms with Crippen LogP contribution in [0, 0.1) is 0 Å². The number of hydrogen-bond donors (Lipinski definition) is 1. The number of thioether (sulfide) groups is 1. The molecule has 0 saturated heterocycles. The first kappa shape index (κ1) is 20.1. The molecule has 1 heterocycles. The van der Waals surface area contributed by atoms with Gasteiger partial charge in [0.15, 0.2) is 9.84 Å². The molecule has 1 N–H and O–H groups in total. The van der Waals surface area contributed by atoms with Crippen LogP contribution in [0.15, 0.2) is 62.7 Å². The predicted molar refractivity (Wildman–Crippen MR) is 108 cm³/mol. The molecule has 0 saturated carbocycles. The summed E-state index contributed by atoms with van der Waals surface area (Å²) in [5, 5.41) is 10.4. The summed E-state index contributed by atoms with van der Waals surface area (Å²) in [4.78, 5) is 13.6. The summed E-state index contributed by atoms with van der Waals surface area (Å²) < 4.78 is 29.3. The summed E-state index contributed by atoms with van der Waals surface area (Å²) in [6.07, 6.45) is 0. The first-order valence-corrected chi connectivity index (χ1v) is 11.3. The van der Waals surface area contributed by atoms with Gasteiger partial charge in [0.05, 0.1) is 16.2 Å². The lowest BCUT2D eigenvalue weighted by Gasteiger charge is -2.06. The second-order valence-electron chi connectivity index (χ2n) is 5.72. The van der Waals surface area contributed by atoms with Gasteiger partial charge in [-0.25, -0.2) is 8.42 Å². The van der Waals surface area contributed by atoms with Crippen LogP contribution in [0.4, 0.5) is 6.01 Å². The van der Waals surface area contributed by atoms with Crippen molar-refractivity contribution in [1.82, 2.24) is 10.2 Å². The average molecular weight is 418 g/mol. The number of anilines is 1. The fraction of sp³-hybridized carbons (Fsp3) is 0.211. The molecule has 2 aromatic carbocycles. The number of benzene rings is 2. The molecule has 0 atom stereocenters. The number of aromatic nitrogens is 2. The van der Waals surface area contributed by atoms with Gasteiger partial charge in [-0.1, -0.05) is 31.1 Å². The smallest absolute Gasteiger partial charge is 0.322 e. The molecule has 9 heteroatoms. The minimum atomic E-state index is -3.27. The third kappa shape index (κ3) is 4.42. The number of rotatable bonds is 7. The fourth-order valence-corrected chi connectivity index (χ4v) is 4.15. The second kappa shape index (κ2) is 8.57. The summed E-state index contributed by atoms with van der Waals surface area (Å²) in [6.45, 7) is 3.61. The minimum absolute atomic E-state index is 0.0263. The van der Waals surface area contributed by atoms with Crippen LogP contribution in [-0.2, 0) is 9.84 Å². The molecule has 3 aromatic rings. The van der Waals surface area contributed by atoms with Gasteiger partial charge >= 0.3 is 6.01 Å². The minimum Gasteiger partial charge on any atom is -0.403 e. The monoisotopic (exact) mass is 417 g/mol. The Morgan fingerprint density at radius 3 is 2.46 bits per heavy atom. The Bertz CT molecular complexity index is 1080. The summed E-state index contributed by atoms with van der Waals surface area (Å²) in [7, 11) is -3.27. The van der Waals surface area contributed by atoms with Gasteiger partial charge in [0, 0.05) is 10.5 Å². The van der Waals surface area contributed by atoms with E-state index < -0.39 is 9.84 Å². The Labute approximate surface area is 167 Å². The number of amides is 1. The molecule has 146 valence electrons. The quantitative estimate of drug-likeness (QED) is 0.582. The largest absolute Gasteiger partial charge is 0.403 e. The van der Waals surface area contributed by atoms with E-state index in [-0.39, 0.29) is 28.5 Å². The van der Waals surface area contributed by atoms with E-state index in [1.54, 1.807) is 43.0 Å². The fourth-order valence-electron chi connectivity index (χ4n) is 2.46. The third-order valence-corrected chi connectivity index (χ3v) is 6.62. The van der Waals surface area contributed by atoms with Crippen LogP contribution >= 0.6 is 11.8 Å². The van der Waals surface area contributed by atoms with Gasteiger partial charge in [-0.3, -0.25) is 10.1 Å². The van der Waals surface area contributed by atoms with Gasteiger partial charge in [0.25, 0.3) is 5.91 Å². The summed E-state index contributed by atoms with van der Waals surface area (Å²) >= 11 is 1.57. The van der Waals surface area contributed by atoms with Crippen molar-refractivity contribution in [3.63, 3.8) is 0 Å². The van der Waals surface area contributed by atoms with Crippen LogP contribution in [-0.4, -0.2) is 36.0 Å². The number of carbonyl (C=O) groups is 1. The maximum Gasteiger partial charge on any atom is 0.322 e. The zero-order valence-electron chi connectivity index (χ0n) is 15.4. The first-order valence-electron chi connectivity index (χ1n) is 8.64. The molecule has 28 heavy (non-hydrogen) atoms. The van der Waals surface area contributed by atoms with Gasteiger partial charge in [-0.15, -0.1) is 16.9 Å². The second-order valence-corrected chi connectivity index (χ2v) is 9.31. The normalized spacial score (nSPS) is 11.4. The third-order valence-electron chi connectivity index (χ3n) is 3.92. The predicted octanol–water partition coefficient (Wildman–Crippen LogP) is 3.89. The highest BCUT2D eigenvalue weighted by Crippen LogP contribution is 2.25. The van der Waals surface area contributed by atoms with Crippen molar-refractivity contribution in [2.24, 2.45) is 0 Å². The zero-order chi connectivity index (χ0) is 20.1. The van der Waals surface area contributed by atoms with Crippen molar-refractivity contribution in [2.75, 3.05) is 16.8 Å². The van der Waals surface area contributed by atoms with Crippen LogP contribution in [0.1, 0.15) is 24.2 Å². The highest BCUT2D eigenvalue weighted by molar-refractivity contribution is 7.99. The molecule has 3 rings (SSSR count). The summed E-state index contributed by atoms with van der Waals surface area (Å²) in [5.74, 6) is 0.725. The molecule has 0 radical (unpaired) electrons. The Balaban J connectivity index is 1.77. The average Bonchev–Trinajstić information content (AvgIpc) is 3.17. The lowest BCUT2D eigenvalue weighted by molar-refractivity contribution is 0.102. The van der Waals surface area contributed by atoms with E-state index in [2.05, 4.69) is 15.5 Å². The Morgan fingerprint density at radius 1 is 1.07 bits per heavy atom. The maximum atomic E-state index is 12.5. The van der Waals surface area contributed by atoms with Gasteiger partial charge < -0.3 is 4.42 Å². The van der Waals surface area contributed by atoms with Gasteiger partial charge in [0.1, 0.15) is 0 Å². The van der Waals surface area contributed by atoms with Crippen molar-refractivity contribution < 1.29 is 17.6 Å². The van der Waals surface area contributed by atoms with E-state index >= 15 is 0 Å². The molecular weight excluding hydrogens is 398 g/mol. The SMILES string of the molecule is CCSc1ccccc1C(=O)Nc1nnc(-c2ccc(S(=O)(=O)CC)cc2)o1. The molecule has 7 nitrogen and oxygen atoms in total. The van der Waals surface area contributed by atoms with Crippen LogP contribution in [0.5, 0.6) is 0 Å². The number of sulfone groups is 1. The number of nitrogens with zero attached hydrogens (tertiary/aromatic N) is 2. The van der Waals surface area contributed by atoms with E-state index in [1.165, 1.54) is 12.1 Å². The van der Waals surface area contributed by atoms with Gasteiger partial charge in [0.2, 0.25) is 5.89 Å². The Morgan fingerprint density at radius 2 is 1.79 bits per heavy atom. The molecule has 0 unspecified atom stereocenters. The van der Waals surface area contributed by atoms with Crippen molar-refractivity contribution in [2.45, 2.75) is 23.6 Å². The number of carbonyl (C=O) groups excluding carboxylic acids is 1. The number of nitrogens with one attached hydrogen (secondary N) is 1. The van der Waals surface area contributed by atoms with Crippen LogP contribution in [0.3, 0.4) is 0 Å². The Hall–Kier alpha value is -2.65. The molecule has 0 bridgehead atoms. The maximum absolute atomic E-state index is 12.5. The first-order chi connectivity index (χ1) is 13.4. The lowest BCUT2D eigenvalue weighted by atomic mass is 10.2. The van der Waals surface area contributed by atoms with Crippen molar-refractivity contribution in [3.05, 3.63) is 54.1 Å². The Kier molecular flexibility index (Phi) is 6.15. The van der Waals surface area contributed by atoms with E-state index in [4.69, 9.17) is 4.42 Å². The number of hydrogen-bond acceptors (Lipinski definition) is 7. The zero-order valence-corrected chi connectivity index (χ0v) is 17.0. The van der Waals surface area contributed by atoms with E-state index in [0.717, 1.165) is 10.6 Å². The molecule has 0 aliphatic rings. The standard InChI is InChI=1S/C19H19N3O4S2/c1-3-27-16-8-6-5-7-15(16)17(23)20-19-22-21-18(26-19)13-9-11-14(12-10-13)28(24,25)4-2/h5-12H,3-4H2,1-2H3,(H,20,22,23). The topological polar surface area (TPSA) is 102 Å². The molecule has 1 aromatic heterocycles. The molecule has 0 spiro atoms. The van der Waals surface area contributed by atoms with Crippen molar-refractivity contribution in [1.29, 1.82) is 0 Å². The van der Waals surface area contributed by atoms with E-state index in [9.17, 15) is 13.2 Å². The van der Waals surface area contributed by atoms with E-state index in [1.807, 2.05) is 19.1 Å². The van der Waals surface area contributed by atoms with Crippen molar-refractivity contribution in [3.8, 4) is 11.5 Å².